The summed E-state index contributed by atoms with van der Waals surface area (Å²) in [7, 11) is 2.14. The predicted octanol–water partition coefficient (Wildman–Crippen LogP) is 1.86. The van der Waals surface area contributed by atoms with Crippen molar-refractivity contribution in [2.24, 2.45) is 0 Å². The number of halogens is 1. The number of rotatable bonds is 5. The number of hydrogen-bond acceptors (Lipinski definition) is 4. The normalized spacial score (nSPS) is 20.4. The molecule has 0 bridgehead atoms. The van der Waals surface area contributed by atoms with Crippen molar-refractivity contribution in [3.63, 3.8) is 0 Å². The first-order valence-corrected chi connectivity index (χ1v) is 7.42. The van der Waals surface area contributed by atoms with Crippen molar-refractivity contribution in [1.82, 2.24) is 15.2 Å². The maximum absolute atomic E-state index is 13.4. The molecule has 1 unspecified atom stereocenters. The molecule has 0 radical (unpaired) electrons. The quantitative estimate of drug-likeness (QED) is 0.834. The number of aromatic nitrogens is 1. The SMILES string of the molecule is CCCNCc1cc(F)cnc1N1CCN(C)C(C)C1. The molecule has 0 spiro atoms. The van der Waals surface area contributed by atoms with Crippen molar-refractivity contribution in [3.8, 4) is 0 Å². The molecule has 0 aromatic carbocycles. The fourth-order valence-electron chi connectivity index (χ4n) is 2.53. The van der Waals surface area contributed by atoms with Crippen LogP contribution in [0.1, 0.15) is 25.8 Å². The third-order valence-corrected chi connectivity index (χ3v) is 3.91. The number of nitrogens with one attached hydrogen (secondary N) is 1. The van der Waals surface area contributed by atoms with E-state index in [1.165, 1.54) is 6.20 Å². The van der Waals surface area contributed by atoms with Crippen molar-refractivity contribution in [2.45, 2.75) is 32.9 Å². The maximum atomic E-state index is 13.4. The van der Waals surface area contributed by atoms with E-state index in [1.807, 2.05) is 0 Å². The minimum absolute atomic E-state index is 0.260. The number of hydrogen-bond donors (Lipinski definition) is 1. The molecule has 4 nitrogen and oxygen atoms in total. The van der Waals surface area contributed by atoms with Gasteiger partial charge in [0, 0.05) is 37.8 Å². The highest BCUT2D eigenvalue weighted by Crippen LogP contribution is 2.21. The molecule has 1 aromatic rings. The van der Waals surface area contributed by atoms with Crippen LogP contribution in [-0.4, -0.2) is 49.2 Å². The molecule has 0 aliphatic carbocycles. The number of piperazine rings is 1. The van der Waals surface area contributed by atoms with E-state index in [1.54, 1.807) is 6.07 Å². The van der Waals surface area contributed by atoms with Crippen LogP contribution in [0.4, 0.5) is 10.2 Å². The lowest BCUT2D eigenvalue weighted by molar-refractivity contribution is 0.233. The first-order valence-electron chi connectivity index (χ1n) is 7.42. The van der Waals surface area contributed by atoms with E-state index in [4.69, 9.17) is 0 Å². The van der Waals surface area contributed by atoms with Gasteiger partial charge in [-0.15, -0.1) is 0 Å². The molecule has 1 fully saturated rings. The molecule has 1 N–H and O–H groups in total. The van der Waals surface area contributed by atoms with Gasteiger partial charge in [-0.3, -0.25) is 0 Å². The van der Waals surface area contributed by atoms with Crippen LogP contribution in [0.5, 0.6) is 0 Å². The number of anilines is 1. The van der Waals surface area contributed by atoms with E-state index in [0.717, 1.165) is 44.0 Å². The second-order valence-corrected chi connectivity index (χ2v) is 5.59. The second-order valence-electron chi connectivity index (χ2n) is 5.59. The maximum Gasteiger partial charge on any atom is 0.141 e. The fraction of sp³-hybridized carbons (Fsp3) is 0.667. The zero-order chi connectivity index (χ0) is 14.5. The average molecular weight is 280 g/mol. The second kappa shape index (κ2) is 6.99. The van der Waals surface area contributed by atoms with Gasteiger partial charge in [-0.2, -0.15) is 0 Å². The minimum atomic E-state index is -0.260. The van der Waals surface area contributed by atoms with Crippen LogP contribution < -0.4 is 10.2 Å². The third-order valence-electron chi connectivity index (χ3n) is 3.91. The van der Waals surface area contributed by atoms with Gasteiger partial charge in [-0.1, -0.05) is 6.92 Å². The van der Waals surface area contributed by atoms with Gasteiger partial charge >= 0.3 is 0 Å². The molecular formula is C15H25FN4. The van der Waals surface area contributed by atoms with Crippen LogP contribution in [0, 0.1) is 5.82 Å². The number of nitrogens with zero attached hydrogens (tertiary/aromatic N) is 3. The lowest BCUT2D eigenvalue weighted by atomic mass is 10.1. The summed E-state index contributed by atoms with van der Waals surface area (Å²) in [6.07, 6.45) is 2.39. The van der Waals surface area contributed by atoms with Crippen LogP contribution in [0.15, 0.2) is 12.3 Å². The molecule has 2 heterocycles. The highest BCUT2D eigenvalue weighted by atomic mass is 19.1. The molecular weight excluding hydrogens is 255 g/mol. The zero-order valence-electron chi connectivity index (χ0n) is 12.7. The zero-order valence-corrected chi connectivity index (χ0v) is 12.7. The summed E-state index contributed by atoms with van der Waals surface area (Å²) in [5.74, 6) is 0.666. The first kappa shape index (κ1) is 15.2. The van der Waals surface area contributed by atoms with Gasteiger partial charge in [-0.25, -0.2) is 9.37 Å². The van der Waals surface area contributed by atoms with E-state index < -0.39 is 0 Å². The molecule has 112 valence electrons. The molecule has 1 aromatic heterocycles. The molecule has 1 atom stereocenters. The summed E-state index contributed by atoms with van der Waals surface area (Å²) in [4.78, 5) is 8.95. The summed E-state index contributed by atoms with van der Waals surface area (Å²) >= 11 is 0. The Bertz CT molecular complexity index is 438. The Morgan fingerprint density at radius 1 is 1.45 bits per heavy atom. The van der Waals surface area contributed by atoms with Gasteiger partial charge in [-0.05, 0) is 33.0 Å². The minimum Gasteiger partial charge on any atom is -0.354 e. The van der Waals surface area contributed by atoms with Gasteiger partial charge < -0.3 is 15.1 Å². The average Bonchev–Trinajstić information content (AvgIpc) is 2.43. The van der Waals surface area contributed by atoms with Crippen LogP contribution in [0.25, 0.3) is 0 Å². The summed E-state index contributed by atoms with van der Waals surface area (Å²) in [6.45, 7) is 8.85. The molecule has 1 aliphatic rings. The first-order chi connectivity index (χ1) is 9.61. The predicted molar refractivity (Wildman–Crippen MR) is 80.5 cm³/mol. The topological polar surface area (TPSA) is 31.4 Å². The summed E-state index contributed by atoms with van der Waals surface area (Å²) < 4.78 is 13.4. The molecule has 2 rings (SSSR count). The van der Waals surface area contributed by atoms with Crippen molar-refractivity contribution < 1.29 is 4.39 Å². The Labute approximate surface area is 121 Å². The van der Waals surface area contributed by atoms with Crippen LogP contribution in [-0.2, 0) is 6.54 Å². The van der Waals surface area contributed by atoms with E-state index in [9.17, 15) is 4.39 Å². The Kier molecular flexibility index (Phi) is 5.31. The Morgan fingerprint density at radius 3 is 2.95 bits per heavy atom. The van der Waals surface area contributed by atoms with E-state index >= 15 is 0 Å². The Balaban J connectivity index is 2.13. The largest absolute Gasteiger partial charge is 0.354 e. The van der Waals surface area contributed by atoms with Crippen LogP contribution in [0.2, 0.25) is 0 Å². The van der Waals surface area contributed by atoms with Crippen LogP contribution in [0.3, 0.4) is 0 Å². The van der Waals surface area contributed by atoms with E-state index in [-0.39, 0.29) is 5.82 Å². The summed E-state index contributed by atoms with van der Waals surface area (Å²) in [5.41, 5.74) is 0.954. The molecule has 5 heteroatoms. The van der Waals surface area contributed by atoms with Gasteiger partial charge in [0.05, 0.1) is 6.20 Å². The number of likely N-dealkylation sites (N-methyl/N-ethyl adjacent to an activating group) is 1. The van der Waals surface area contributed by atoms with Crippen molar-refractivity contribution in [3.05, 3.63) is 23.6 Å². The van der Waals surface area contributed by atoms with Gasteiger partial charge in [0.25, 0.3) is 0 Å². The van der Waals surface area contributed by atoms with Gasteiger partial charge in [0.2, 0.25) is 0 Å². The number of pyridine rings is 1. The Morgan fingerprint density at radius 2 is 2.25 bits per heavy atom. The Hall–Kier alpha value is -1.20. The molecule has 0 amide bonds. The van der Waals surface area contributed by atoms with E-state index in [0.29, 0.717) is 12.6 Å². The van der Waals surface area contributed by atoms with Crippen molar-refractivity contribution in [2.75, 3.05) is 38.1 Å². The molecule has 0 saturated carbocycles. The standard InChI is InChI=1S/C15H25FN4/c1-4-5-17-9-13-8-14(16)10-18-15(13)20-7-6-19(3)12(2)11-20/h8,10,12,17H,4-7,9,11H2,1-3H3. The lowest BCUT2D eigenvalue weighted by Crippen LogP contribution is -2.50. The molecule has 1 saturated heterocycles. The summed E-state index contributed by atoms with van der Waals surface area (Å²) in [6, 6.07) is 2.10. The smallest absolute Gasteiger partial charge is 0.141 e. The highest BCUT2D eigenvalue weighted by molar-refractivity contribution is 5.47. The van der Waals surface area contributed by atoms with Crippen molar-refractivity contribution >= 4 is 5.82 Å². The highest BCUT2D eigenvalue weighted by Gasteiger charge is 2.23. The summed E-state index contributed by atoms with van der Waals surface area (Å²) in [5, 5.41) is 3.33. The van der Waals surface area contributed by atoms with E-state index in [2.05, 4.69) is 41.0 Å². The lowest BCUT2D eigenvalue weighted by Gasteiger charge is -2.39. The van der Waals surface area contributed by atoms with Gasteiger partial charge in [0.1, 0.15) is 11.6 Å². The van der Waals surface area contributed by atoms with Gasteiger partial charge in [0.15, 0.2) is 0 Å². The van der Waals surface area contributed by atoms with Crippen LogP contribution >= 0.6 is 0 Å². The molecule has 1 aliphatic heterocycles. The monoisotopic (exact) mass is 280 g/mol. The fourth-order valence-corrected chi connectivity index (χ4v) is 2.53. The van der Waals surface area contributed by atoms with Crippen molar-refractivity contribution in [1.29, 1.82) is 0 Å². The third kappa shape index (κ3) is 3.67. The molecule has 20 heavy (non-hydrogen) atoms.